The Kier molecular flexibility index (Phi) is 6.04. The van der Waals surface area contributed by atoms with Crippen LogP contribution in [0.1, 0.15) is 31.9 Å². The number of nitrogens with zero attached hydrogens (tertiary/aromatic N) is 2. The second-order valence-electron chi connectivity index (χ2n) is 5.89. The van der Waals surface area contributed by atoms with Crippen molar-refractivity contribution >= 4 is 11.6 Å². The Morgan fingerprint density at radius 2 is 1.72 bits per heavy atom. The van der Waals surface area contributed by atoms with Crippen molar-refractivity contribution in [1.82, 2.24) is 9.97 Å². The average Bonchev–Trinajstić information content (AvgIpc) is 3.18. The molecule has 0 bridgehead atoms. The summed E-state index contributed by atoms with van der Waals surface area (Å²) in [4.78, 5) is 9.30. The van der Waals surface area contributed by atoms with Gasteiger partial charge in [0.15, 0.2) is 5.82 Å². The van der Waals surface area contributed by atoms with E-state index in [0.717, 1.165) is 35.9 Å². The summed E-state index contributed by atoms with van der Waals surface area (Å²) in [6.45, 7) is 3.71. The minimum absolute atomic E-state index is 0.591. The number of anilines is 2. The van der Waals surface area contributed by atoms with Crippen molar-refractivity contribution < 1.29 is 4.42 Å². The van der Waals surface area contributed by atoms with Crippen LogP contribution in [0.5, 0.6) is 0 Å². The zero-order valence-corrected chi connectivity index (χ0v) is 14.5. The zero-order valence-electron chi connectivity index (χ0n) is 14.5. The Morgan fingerprint density at radius 3 is 2.44 bits per heavy atom. The second-order valence-corrected chi connectivity index (χ2v) is 5.89. The first kappa shape index (κ1) is 17.0. The number of benzene rings is 1. The van der Waals surface area contributed by atoms with Gasteiger partial charge in [0.05, 0.1) is 12.8 Å². The van der Waals surface area contributed by atoms with Gasteiger partial charge in [-0.3, -0.25) is 0 Å². The van der Waals surface area contributed by atoms with Gasteiger partial charge in [-0.1, -0.05) is 50.1 Å². The van der Waals surface area contributed by atoms with Gasteiger partial charge < -0.3 is 15.1 Å². The fourth-order valence-corrected chi connectivity index (χ4v) is 2.53. The lowest BCUT2D eigenvalue weighted by atomic mass is 10.2. The van der Waals surface area contributed by atoms with Gasteiger partial charge in [0, 0.05) is 18.2 Å². The van der Waals surface area contributed by atoms with E-state index in [9.17, 15) is 0 Å². The van der Waals surface area contributed by atoms with E-state index in [1.54, 1.807) is 6.26 Å². The molecule has 25 heavy (non-hydrogen) atoms. The molecule has 0 saturated heterocycles. The van der Waals surface area contributed by atoms with Crippen LogP contribution in [0.25, 0.3) is 11.4 Å². The normalized spacial score (nSPS) is 10.6. The number of nitrogens with one attached hydrogen (secondary N) is 2. The first-order valence-electron chi connectivity index (χ1n) is 8.80. The maximum Gasteiger partial charge on any atom is 0.163 e. The number of unbranched alkanes of at least 4 members (excludes halogenated alkanes) is 2. The number of hydrogen-bond acceptors (Lipinski definition) is 5. The van der Waals surface area contributed by atoms with Crippen LogP contribution in [0.3, 0.4) is 0 Å². The highest BCUT2D eigenvalue weighted by Gasteiger charge is 2.07. The highest BCUT2D eigenvalue weighted by molar-refractivity contribution is 5.61. The Morgan fingerprint density at radius 1 is 0.920 bits per heavy atom. The van der Waals surface area contributed by atoms with Gasteiger partial charge in [0.25, 0.3) is 0 Å². The molecule has 130 valence electrons. The van der Waals surface area contributed by atoms with E-state index in [2.05, 4.69) is 27.5 Å². The monoisotopic (exact) mass is 336 g/mol. The number of aromatic nitrogens is 2. The van der Waals surface area contributed by atoms with Gasteiger partial charge >= 0.3 is 0 Å². The van der Waals surface area contributed by atoms with E-state index in [4.69, 9.17) is 4.42 Å². The fraction of sp³-hybridized carbons (Fsp3) is 0.300. The van der Waals surface area contributed by atoms with E-state index >= 15 is 0 Å². The van der Waals surface area contributed by atoms with Crippen LogP contribution >= 0.6 is 0 Å². The predicted octanol–water partition coefficient (Wildman–Crippen LogP) is 4.95. The van der Waals surface area contributed by atoms with Crippen LogP contribution in [0.15, 0.2) is 59.2 Å². The molecular formula is C20H24N4O. The number of hydrogen-bond donors (Lipinski definition) is 2. The molecule has 0 atom stereocenters. The molecule has 1 aromatic carbocycles. The highest BCUT2D eigenvalue weighted by Crippen LogP contribution is 2.20. The summed E-state index contributed by atoms with van der Waals surface area (Å²) in [5.41, 5.74) is 1.00. The summed E-state index contributed by atoms with van der Waals surface area (Å²) in [6, 6.07) is 15.8. The summed E-state index contributed by atoms with van der Waals surface area (Å²) in [5, 5.41) is 6.72. The molecule has 2 N–H and O–H groups in total. The molecule has 3 rings (SSSR count). The minimum atomic E-state index is 0.591. The highest BCUT2D eigenvalue weighted by atomic mass is 16.3. The molecule has 0 aliphatic carbocycles. The molecule has 5 nitrogen and oxygen atoms in total. The van der Waals surface area contributed by atoms with E-state index in [1.165, 1.54) is 12.8 Å². The van der Waals surface area contributed by atoms with Crippen LogP contribution in [0.2, 0.25) is 0 Å². The Bertz CT molecular complexity index is 757. The van der Waals surface area contributed by atoms with Gasteiger partial charge in [-0.15, -0.1) is 0 Å². The van der Waals surface area contributed by atoms with E-state index in [0.29, 0.717) is 12.4 Å². The first-order valence-corrected chi connectivity index (χ1v) is 8.80. The first-order chi connectivity index (χ1) is 12.3. The maximum atomic E-state index is 5.37. The molecule has 2 heterocycles. The summed E-state index contributed by atoms with van der Waals surface area (Å²) in [7, 11) is 0. The Balaban J connectivity index is 1.77. The Labute approximate surface area is 148 Å². The molecule has 0 unspecified atom stereocenters. The van der Waals surface area contributed by atoms with Crippen molar-refractivity contribution in [2.45, 2.75) is 32.7 Å². The molecule has 0 saturated carbocycles. The smallest absolute Gasteiger partial charge is 0.163 e. The summed E-state index contributed by atoms with van der Waals surface area (Å²) in [5.74, 6) is 3.20. The van der Waals surface area contributed by atoms with Crippen molar-refractivity contribution in [3.8, 4) is 11.4 Å². The summed E-state index contributed by atoms with van der Waals surface area (Å²) >= 11 is 0. The average molecular weight is 336 g/mol. The predicted molar refractivity (Wildman–Crippen MR) is 102 cm³/mol. The Hall–Kier alpha value is -2.82. The SMILES string of the molecule is CCCCCNc1cc(NCc2ccco2)nc(-c2ccccc2)n1. The largest absolute Gasteiger partial charge is 0.467 e. The summed E-state index contributed by atoms with van der Waals surface area (Å²) in [6.07, 6.45) is 5.23. The van der Waals surface area contributed by atoms with E-state index in [1.807, 2.05) is 48.5 Å². The number of rotatable bonds is 9. The standard InChI is InChI=1S/C20H24N4O/c1-2-3-7-12-21-18-14-19(22-15-17-11-8-13-25-17)24-20(23-18)16-9-5-4-6-10-16/h4-6,8-11,13-14H,2-3,7,12,15H2,1H3,(H2,21,22,23,24). The molecule has 3 aromatic rings. The quantitative estimate of drug-likeness (QED) is 0.541. The molecule has 2 aromatic heterocycles. The van der Waals surface area contributed by atoms with Crippen LogP contribution in [0.4, 0.5) is 11.6 Å². The van der Waals surface area contributed by atoms with Crippen LogP contribution < -0.4 is 10.6 Å². The molecular weight excluding hydrogens is 312 g/mol. The molecule has 0 aliphatic heterocycles. The third kappa shape index (κ3) is 5.08. The van der Waals surface area contributed by atoms with Crippen LogP contribution in [-0.4, -0.2) is 16.5 Å². The topological polar surface area (TPSA) is 63.0 Å². The lowest BCUT2D eigenvalue weighted by molar-refractivity contribution is 0.518. The third-order valence-electron chi connectivity index (χ3n) is 3.87. The number of furan rings is 1. The molecule has 0 spiro atoms. The van der Waals surface area contributed by atoms with Gasteiger partial charge in [-0.05, 0) is 18.6 Å². The van der Waals surface area contributed by atoms with Crippen molar-refractivity contribution in [3.05, 3.63) is 60.6 Å². The van der Waals surface area contributed by atoms with Crippen LogP contribution in [0, 0.1) is 0 Å². The third-order valence-corrected chi connectivity index (χ3v) is 3.87. The maximum absolute atomic E-state index is 5.37. The van der Waals surface area contributed by atoms with Crippen LogP contribution in [-0.2, 0) is 6.54 Å². The minimum Gasteiger partial charge on any atom is -0.467 e. The lowest BCUT2D eigenvalue weighted by Gasteiger charge is -2.11. The van der Waals surface area contributed by atoms with Crippen molar-refractivity contribution in [3.63, 3.8) is 0 Å². The van der Waals surface area contributed by atoms with Crippen molar-refractivity contribution in [2.24, 2.45) is 0 Å². The van der Waals surface area contributed by atoms with Gasteiger partial charge in [-0.2, -0.15) is 0 Å². The molecule has 0 fully saturated rings. The summed E-state index contributed by atoms with van der Waals surface area (Å²) < 4.78 is 5.37. The van der Waals surface area contributed by atoms with Gasteiger partial charge in [0.1, 0.15) is 17.4 Å². The van der Waals surface area contributed by atoms with Crippen molar-refractivity contribution in [1.29, 1.82) is 0 Å². The van der Waals surface area contributed by atoms with Gasteiger partial charge in [0.2, 0.25) is 0 Å². The van der Waals surface area contributed by atoms with E-state index < -0.39 is 0 Å². The van der Waals surface area contributed by atoms with Crippen molar-refractivity contribution in [2.75, 3.05) is 17.2 Å². The molecule has 5 heteroatoms. The van der Waals surface area contributed by atoms with Gasteiger partial charge in [-0.25, -0.2) is 9.97 Å². The molecule has 0 radical (unpaired) electrons. The molecule has 0 amide bonds. The molecule has 0 aliphatic rings. The zero-order chi connectivity index (χ0) is 17.3. The lowest BCUT2D eigenvalue weighted by Crippen LogP contribution is -2.07. The second kappa shape index (κ2) is 8.87. The van der Waals surface area contributed by atoms with E-state index in [-0.39, 0.29) is 0 Å². The fourth-order valence-electron chi connectivity index (χ4n) is 2.53.